The summed E-state index contributed by atoms with van der Waals surface area (Å²) < 4.78 is 19.6. The van der Waals surface area contributed by atoms with Gasteiger partial charge < -0.3 is 54.7 Å². The van der Waals surface area contributed by atoms with Crippen LogP contribution in [0.2, 0.25) is 0 Å². The summed E-state index contributed by atoms with van der Waals surface area (Å²) in [6.07, 6.45) is 9.37. The van der Waals surface area contributed by atoms with E-state index >= 15 is 0 Å². The molecule has 5 atom stereocenters. The predicted molar refractivity (Wildman–Crippen MR) is 153 cm³/mol. The number of hydrogen-bond acceptors (Lipinski definition) is 13. The fourth-order valence-electron chi connectivity index (χ4n) is 3.24. The third kappa shape index (κ3) is 14.2. The highest BCUT2D eigenvalue weighted by Gasteiger charge is 2.45. The zero-order chi connectivity index (χ0) is 32.6. The lowest BCUT2D eigenvalue weighted by Crippen LogP contribution is -2.59. The first-order chi connectivity index (χ1) is 20.2. The van der Waals surface area contributed by atoms with Crippen molar-refractivity contribution in [3.05, 3.63) is 83.1 Å². The van der Waals surface area contributed by atoms with E-state index < -0.39 is 68.4 Å². The quantitative estimate of drug-likeness (QED) is 0.0563. The Morgan fingerprint density at radius 1 is 0.767 bits per heavy atom. The summed E-state index contributed by atoms with van der Waals surface area (Å²) in [6, 6.07) is 0. The average molecular weight is 611 g/mol. The Labute approximate surface area is 250 Å². The topological polar surface area (TPSA) is 213 Å². The van der Waals surface area contributed by atoms with Crippen molar-refractivity contribution in [3.8, 4) is 0 Å². The minimum Gasteiger partial charge on any atom is -0.454 e. The molecule has 0 aromatic carbocycles. The van der Waals surface area contributed by atoms with Gasteiger partial charge in [0.25, 0.3) is 0 Å². The van der Waals surface area contributed by atoms with Gasteiger partial charge in [-0.05, 0) is 27.7 Å². The van der Waals surface area contributed by atoms with Crippen LogP contribution in [0.15, 0.2) is 83.1 Å². The van der Waals surface area contributed by atoms with Gasteiger partial charge in [0.15, 0.2) is 6.61 Å². The molecular weight excluding hydrogens is 568 g/mol. The summed E-state index contributed by atoms with van der Waals surface area (Å²) in [5, 5.41) is 66.4. The van der Waals surface area contributed by atoms with Gasteiger partial charge in [0.2, 0.25) is 6.29 Å². The van der Waals surface area contributed by atoms with Crippen LogP contribution in [-0.2, 0) is 28.5 Å². The van der Waals surface area contributed by atoms with Gasteiger partial charge in [-0.25, -0.2) is 9.59 Å². The number of rotatable bonds is 15. The second-order valence-electron chi connectivity index (χ2n) is 9.62. The summed E-state index contributed by atoms with van der Waals surface area (Å²) in [7, 11) is 0. The van der Waals surface area contributed by atoms with Gasteiger partial charge in [-0.2, -0.15) is 0 Å². The minimum atomic E-state index is -2.69. The van der Waals surface area contributed by atoms with E-state index in [2.05, 4.69) is 4.74 Å². The molecule has 0 saturated carbocycles. The van der Waals surface area contributed by atoms with Gasteiger partial charge in [0, 0.05) is 11.1 Å². The summed E-state index contributed by atoms with van der Waals surface area (Å²) in [6.45, 7) is 4.47. The first kappa shape index (κ1) is 37.8. The number of carbonyl (C=O) groups is 2. The number of allylic oxidation sites excluding steroid dienone is 12. The molecule has 43 heavy (non-hydrogen) atoms. The maximum atomic E-state index is 12.3. The standard InChI is InChI=1S/C30H42O13/c1-19(11-7-13-21(3)27(36)40-18-30(38,39)41-16-15-31)9-5-6-10-20(2)12-8-14-22(4)28(37)43-29-26(35)25(34)24(33)23(17-32)42-29/h5-14,23-26,29,31-35,38-39H,15-18H2,1-4H3/b6-5+,11-7+,12-8+,19-9+,20-10+,21-13+,22-14+/t23?,24-,25?,26?,29+/m1/s1. The predicted octanol–water partition coefficient (Wildman–Crippen LogP) is -0.0262. The van der Waals surface area contributed by atoms with Crippen molar-refractivity contribution in [1.82, 2.24) is 0 Å². The smallest absolute Gasteiger partial charge is 0.336 e. The summed E-state index contributed by atoms with van der Waals surface area (Å²) in [4.78, 5) is 24.3. The van der Waals surface area contributed by atoms with Crippen LogP contribution >= 0.6 is 0 Å². The van der Waals surface area contributed by atoms with Crippen LogP contribution in [-0.4, -0.2) is 111 Å². The fourth-order valence-corrected chi connectivity index (χ4v) is 3.24. The van der Waals surface area contributed by atoms with Crippen LogP contribution in [0.5, 0.6) is 0 Å². The number of esters is 2. The van der Waals surface area contributed by atoms with Crippen molar-refractivity contribution in [3.63, 3.8) is 0 Å². The second kappa shape index (κ2) is 19.1. The van der Waals surface area contributed by atoms with Crippen LogP contribution in [0.3, 0.4) is 0 Å². The number of ether oxygens (including phenoxy) is 4. The molecule has 240 valence electrons. The van der Waals surface area contributed by atoms with Crippen molar-refractivity contribution in [1.29, 1.82) is 0 Å². The molecule has 1 rings (SSSR count). The summed E-state index contributed by atoms with van der Waals surface area (Å²) >= 11 is 0. The molecule has 0 spiro atoms. The van der Waals surface area contributed by atoms with Crippen molar-refractivity contribution in [2.24, 2.45) is 0 Å². The minimum absolute atomic E-state index is 0.182. The number of aliphatic hydroxyl groups excluding tert-OH is 5. The van der Waals surface area contributed by atoms with Gasteiger partial charge in [-0.1, -0.05) is 71.9 Å². The molecule has 0 radical (unpaired) electrons. The van der Waals surface area contributed by atoms with E-state index in [-0.39, 0.29) is 17.8 Å². The molecule has 0 aromatic heterocycles. The van der Waals surface area contributed by atoms with E-state index in [1.54, 1.807) is 36.5 Å². The molecule has 1 saturated heterocycles. The normalized spacial score (nSPS) is 24.8. The average Bonchev–Trinajstić information content (AvgIpc) is 2.97. The third-order valence-electron chi connectivity index (χ3n) is 5.77. The fraction of sp³-hybridized carbons (Fsp3) is 0.467. The van der Waals surface area contributed by atoms with Gasteiger partial charge in [0.05, 0.1) is 19.8 Å². The van der Waals surface area contributed by atoms with Crippen LogP contribution < -0.4 is 0 Å². The Balaban J connectivity index is 2.59. The van der Waals surface area contributed by atoms with Gasteiger partial charge >= 0.3 is 17.9 Å². The van der Waals surface area contributed by atoms with Crippen molar-refractivity contribution in [2.75, 3.05) is 26.4 Å². The molecule has 13 heteroatoms. The Morgan fingerprint density at radius 3 is 1.81 bits per heavy atom. The van der Waals surface area contributed by atoms with Gasteiger partial charge in [0.1, 0.15) is 24.4 Å². The second-order valence-corrected chi connectivity index (χ2v) is 9.62. The maximum absolute atomic E-state index is 12.3. The Bertz CT molecular complexity index is 1120. The summed E-state index contributed by atoms with van der Waals surface area (Å²) in [5.41, 5.74) is 2.13. The highest BCUT2D eigenvalue weighted by atomic mass is 16.8. The van der Waals surface area contributed by atoms with E-state index in [0.717, 1.165) is 11.1 Å². The Hall–Kier alpha value is -3.24. The molecule has 1 aliphatic heterocycles. The van der Waals surface area contributed by atoms with E-state index in [9.17, 15) is 40.2 Å². The zero-order valence-corrected chi connectivity index (χ0v) is 24.6. The highest BCUT2D eigenvalue weighted by Crippen LogP contribution is 2.22. The molecule has 0 aromatic rings. The highest BCUT2D eigenvalue weighted by molar-refractivity contribution is 5.88. The lowest BCUT2D eigenvalue weighted by Gasteiger charge is -2.39. The first-order valence-electron chi connectivity index (χ1n) is 13.3. The molecule has 7 N–H and O–H groups in total. The molecular formula is C30H42O13. The van der Waals surface area contributed by atoms with E-state index in [1.165, 1.54) is 26.0 Å². The molecule has 13 nitrogen and oxygen atoms in total. The lowest BCUT2D eigenvalue weighted by atomic mass is 9.99. The molecule has 1 heterocycles. The van der Waals surface area contributed by atoms with Crippen LogP contribution in [0.25, 0.3) is 0 Å². The van der Waals surface area contributed by atoms with E-state index in [1.807, 2.05) is 26.0 Å². The third-order valence-corrected chi connectivity index (χ3v) is 5.77. The van der Waals surface area contributed by atoms with Gasteiger partial charge in [-0.15, -0.1) is 0 Å². The van der Waals surface area contributed by atoms with E-state index in [4.69, 9.17) is 19.3 Å². The molecule has 0 bridgehead atoms. The molecule has 1 fully saturated rings. The van der Waals surface area contributed by atoms with Crippen LogP contribution in [0, 0.1) is 0 Å². The number of aliphatic hydroxyl groups is 7. The summed E-state index contributed by atoms with van der Waals surface area (Å²) in [5.74, 6) is -4.27. The molecule has 3 unspecified atom stereocenters. The molecule has 0 amide bonds. The van der Waals surface area contributed by atoms with Crippen LogP contribution in [0.4, 0.5) is 0 Å². The lowest BCUT2D eigenvalue weighted by molar-refractivity contribution is -0.352. The van der Waals surface area contributed by atoms with Gasteiger partial charge in [-0.3, -0.25) is 0 Å². The van der Waals surface area contributed by atoms with Crippen LogP contribution in [0.1, 0.15) is 27.7 Å². The Kier molecular flexibility index (Phi) is 16.8. The van der Waals surface area contributed by atoms with Crippen molar-refractivity contribution < 1.29 is 64.3 Å². The van der Waals surface area contributed by atoms with Crippen molar-refractivity contribution >= 4 is 11.9 Å². The molecule has 0 aliphatic carbocycles. The monoisotopic (exact) mass is 610 g/mol. The number of carbonyl (C=O) groups excluding carboxylic acids is 2. The number of hydrogen-bond donors (Lipinski definition) is 7. The van der Waals surface area contributed by atoms with E-state index in [0.29, 0.717) is 0 Å². The Morgan fingerprint density at radius 2 is 1.30 bits per heavy atom. The molecule has 1 aliphatic rings. The maximum Gasteiger partial charge on any atom is 0.336 e. The largest absolute Gasteiger partial charge is 0.454 e. The SMILES string of the molecule is CC(/C=C/C=C(\C)C(=O)OCC(O)(O)OCCO)=C\C=C\C=C(C)\C=C\C=C(/C)C(=O)O[C@@H]1OC(CO)[C@@H](O)C(O)C1O. The zero-order valence-electron chi connectivity index (χ0n) is 24.6. The van der Waals surface area contributed by atoms with Crippen molar-refractivity contribution in [2.45, 2.75) is 64.4 Å². The first-order valence-corrected chi connectivity index (χ1v) is 13.3.